The molecule has 200 valence electrons. The van der Waals surface area contributed by atoms with Crippen LogP contribution in [0.15, 0.2) is 36.4 Å². The van der Waals surface area contributed by atoms with Crippen molar-refractivity contribution in [3.8, 4) is 0 Å². The van der Waals surface area contributed by atoms with Gasteiger partial charge in [0.05, 0.1) is 0 Å². The zero-order valence-corrected chi connectivity index (χ0v) is 23.5. The highest BCUT2D eigenvalue weighted by atomic mass is 32.1. The van der Waals surface area contributed by atoms with Crippen molar-refractivity contribution in [2.45, 2.75) is 89.5 Å². The summed E-state index contributed by atoms with van der Waals surface area (Å²) in [6.45, 7) is 8.66. The molecule has 2 saturated heterocycles. The zero-order valence-electron chi connectivity index (χ0n) is 22.7. The lowest BCUT2D eigenvalue weighted by Gasteiger charge is -2.38. The summed E-state index contributed by atoms with van der Waals surface area (Å²) in [7, 11) is 0. The minimum Gasteiger partial charge on any atom is -0.361 e. The highest BCUT2D eigenvalue weighted by Crippen LogP contribution is 2.39. The van der Waals surface area contributed by atoms with Gasteiger partial charge < -0.3 is 20.4 Å². The van der Waals surface area contributed by atoms with E-state index in [1.54, 1.807) is 0 Å². The number of hydrogen-bond donors (Lipinski definition) is 2. The van der Waals surface area contributed by atoms with Crippen LogP contribution in [0.3, 0.4) is 0 Å². The number of nitrogens with zero attached hydrogens (tertiary/aromatic N) is 4. The quantitative estimate of drug-likeness (QED) is 0.435. The lowest BCUT2D eigenvalue weighted by atomic mass is 9.69. The minimum atomic E-state index is 0.132. The molecule has 0 bridgehead atoms. The van der Waals surface area contributed by atoms with Gasteiger partial charge in [0.2, 0.25) is 5.95 Å². The Kier molecular flexibility index (Phi) is 8.48. The molecule has 1 aromatic carbocycles. The second kappa shape index (κ2) is 12.0. The first-order chi connectivity index (χ1) is 18.0. The molecular weight excluding hydrogens is 476 g/mol. The number of aromatic nitrogens is 2. The predicted octanol–water partition coefficient (Wildman–Crippen LogP) is 6.28. The lowest BCUT2D eigenvalue weighted by Crippen LogP contribution is -2.44. The van der Waals surface area contributed by atoms with E-state index in [0.717, 1.165) is 43.7 Å². The van der Waals surface area contributed by atoms with Crippen molar-refractivity contribution in [1.29, 1.82) is 0 Å². The van der Waals surface area contributed by atoms with E-state index in [1.165, 1.54) is 69.8 Å². The Morgan fingerprint density at radius 2 is 1.65 bits per heavy atom. The van der Waals surface area contributed by atoms with E-state index < -0.39 is 0 Å². The number of anilines is 3. The van der Waals surface area contributed by atoms with Crippen LogP contribution < -0.4 is 20.4 Å². The van der Waals surface area contributed by atoms with Gasteiger partial charge in [0.15, 0.2) is 5.11 Å². The van der Waals surface area contributed by atoms with Crippen molar-refractivity contribution in [3.05, 3.63) is 42.0 Å². The number of thiocarbonyl (C=S) groups is 1. The Morgan fingerprint density at radius 3 is 2.38 bits per heavy atom. The van der Waals surface area contributed by atoms with E-state index in [4.69, 9.17) is 22.2 Å². The van der Waals surface area contributed by atoms with Crippen molar-refractivity contribution in [3.63, 3.8) is 0 Å². The Bertz CT molecular complexity index is 1030. The number of hydrogen-bond acceptors (Lipinski definition) is 5. The van der Waals surface area contributed by atoms with Gasteiger partial charge in [-0.2, -0.15) is 9.97 Å². The van der Waals surface area contributed by atoms with Gasteiger partial charge in [-0.25, -0.2) is 0 Å². The molecule has 3 heterocycles. The average Bonchev–Trinajstić information content (AvgIpc) is 2.93. The molecule has 0 spiro atoms. The van der Waals surface area contributed by atoms with Crippen LogP contribution in [0.5, 0.6) is 0 Å². The van der Waals surface area contributed by atoms with Gasteiger partial charge in [-0.15, -0.1) is 0 Å². The third kappa shape index (κ3) is 6.36. The number of rotatable bonds is 6. The number of nitrogens with one attached hydrogen (secondary N) is 2. The third-order valence-corrected chi connectivity index (χ3v) is 9.16. The average molecular weight is 521 g/mol. The van der Waals surface area contributed by atoms with Crippen LogP contribution >= 0.6 is 12.2 Å². The second-order valence-electron chi connectivity index (χ2n) is 11.6. The highest BCUT2D eigenvalue weighted by molar-refractivity contribution is 7.80. The first-order valence-electron chi connectivity index (χ1n) is 14.5. The maximum Gasteiger partial charge on any atom is 0.232 e. The van der Waals surface area contributed by atoms with Gasteiger partial charge >= 0.3 is 0 Å². The molecule has 37 heavy (non-hydrogen) atoms. The SMILES string of the molecule is CC1CCN(c2cc(N3CCCC[C@@H]3C)nc(NC(=S)NCC3(c4ccccc4)CCCCC3)n2)CC1. The largest absolute Gasteiger partial charge is 0.361 e. The molecule has 3 fully saturated rings. The molecular formula is C30H44N6S. The number of benzene rings is 1. The summed E-state index contributed by atoms with van der Waals surface area (Å²) in [6, 6.07) is 13.7. The Balaban J connectivity index is 1.33. The molecule has 0 amide bonds. The molecule has 1 aromatic heterocycles. The van der Waals surface area contributed by atoms with E-state index in [0.29, 0.717) is 17.1 Å². The summed E-state index contributed by atoms with van der Waals surface area (Å²) in [5.74, 6) is 3.44. The van der Waals surface area contributed by atoms with E-state index in [2.05, 4.69) is 70.7 Å². The fraction of sp³-hybridized carbons (Fsp3) is 0.633. The topological polar surface area (TPSA) is 56.3 Å². The van der Waals surface area contributed by atoms with Crippen LogP contribution in [0.4, 0.5) is 17.6 Å². The monoisotopic (exact) mass is 520 g/mol. The van der Waals surface area contributed by atoms with Crippen LogP contribution in [0.2, 0.25) is 0 Å². The summed E-state index contributed by atoms with van der Waals surface area (Å²) < 4.78 is 0. The Hall–Kier alpha value is -2.41. The van der Waals surface area contributed by atoms with Gasteiger partial charge in [0.1, 0.15) is 11.6 Å². The van der Waals surface area contributed by atoms with Crippen molar-refractivity contribution in [2.75, 3.05) is 41.3 Å². The maximum absolute atomic E-state index is 5.81. The van der Waals surface area contributed by atoms with Gasteiger partial charge in [-0.1, -0.05) is 56.5 Å². The molecule has 0 unspecified atom stereocenters. The normalized spacial score (nSPS) is 22.5. The molecule has 1 atom stereocenters. The predicted molar refractivity (Wildman–Crippen MR) is 159 cm³/mol. The summed E-state index contributed by atoms with van der Waals surface area (Å²) in [6.07, 6.45) is 12.4. The zero-order chi connectivity index (χ0) is 25.7. The van der Waals surface area contributed by atoms with Crippen molar-refractivity contribution < 1.29 is 0 Å². The summed E-state index contributed by atoms with van der Waals surface area (Å²) in [5, 5.41) is 7.56. The van der Waals surface area contributed by atoms with Gasteiger partial charge in [-0.05, 0) is 75.6 Å². The second-order valence-corrected chi connectivity index (χ2v) is 12.0. The van der Waals surface area contributed by atoms with Gasteiger partial charge in [0.25, 0.3) is 0 Å². The molecule has 2 aromatic rings. The third-order valence-electron chi connectivity index (χ3n) is 8.91. The van der Waals surface area contributed by atoms with Crippen molar-refractivity contribution in [1.82, 2.24) is 15.3 Å². The fourth-order valence-electron chi connectivity index (χ4n) is 6.45. The summed E-state index contributed by atoms with van der Waals surface area (Å²) >= 11 is 5.81. The molecule has 7 heteroatoms. The maximum atomic E-state index is 5.81. The van der Waals surface area contributed by atoms with Gasteiger partial charge in [0, 0.05) is 43.7 Å². The van der Waals surface area contributed by atoms with Crippen LogP contribution in [0.1, 0.15) is 83.6 Å². The van der Waals surface area contributed by atoms with Gasteiger partial charge in [-0.3, -0.25) is 0 Å². The molecule has 6 nitrogen and oxygen atoms in total. The highest BCUT2D eigenvalue weighted by Gasteiger charge is 2.34. The molecule has 3 aliphatic rings. The van der Waals surface area contributed by atoms with E-state index >= 15 is 0 Å². The van der Waals surface area contributed by atoms with Crippen LogP contribution in [-0.2, 0) is 5.41 Å². The first-order valence-corrected chi connectivity index (χ1v) is 14.9. The molecule has 2 aliphatic heterocycles. The number of piperidine rings is 2. The first kappa shape index (κ1) is 26.2. The van der Waals surface area contributed by atoms with E-state index in [9.17, 15) is 0 Å². The van der Waals surface area contributed by atoms with E-state index in [1.807, 2.05) is 0 Å². The summed E-state index contributed by atoms with van der Waals surface area (Å²) in [5.41, 5.74) is 1.55. The standard InChI is InChI=1S/C30H44N6S/c1-23-14-19-35(20-15-23)26-21-27(36-18-10-7-11-24(36)2)33-28(32-26)34-29(37)31-22-30(16-8-4-9-17-30)25-12-5-3-6-13-25/h3,5-6,12-13,21,23-24H,4,7-11,14-20,22H2,1-2H3,(H2,31,32,33,34,37)/t24-/m0/s1. The van der Waals surface area contributed by atoms with E-state index in [-0.39, 0.29) is 5.41 Å². The Morgan fingerprint density at radius 1 is 0.919 bits per heavy atom. The molecule has 1 aliphatic carbocycles. The van der Waals surface area contributed by atoms with Crippen LogP contribution in [-0.4, -0.2) is 47.3 Å². The molecule has 5 rings (SSSR count). The molecule has 2 N–H and O–H groups in total. The summed E-state index contributed by atoms with van der Waals surface area (Å²) in [4.78, 5) is 14.8. The van der Waals surface area contributed by atoms with Crippen LogP contribution in [0, 0.1) is 5.92 Å². The van der Waals surface area contributed by atoms with Crippen molar-refractivity contribution in [2.24, 2.45) is 5.92 Å². The minimum absolute atomic E-state index is 0.132. The van der Waals surface area contributed by atoms with Crippen LogP contribution in [0.25, 0.3) is 0 Å². The van der Waals surface area contributed by atoms with Crippen molar-refractivity contribution >= 4 is 34.9 Å². The molecule has 0 radical (unpaired) electrons. The lowest BCUT2D eigenvalue weighted by molar-refractivity contribution is 0.292. The fourth-order valence-corrected chi connectivity index (χ4v) is 6.61. The molecule has 1 saturated carbocycles. The Labute approximate surface area is 228 Å². The smallest absolute Gasteiger partial charge is 0.232 e.